The number of likely N-dealkylation sites (N-methyl/N-ethyl adjacent to an activating group) is 1. The van der Waals surface area contributed by atoms with E-state index < -0.39 is 0 Å². The predicted octanol–water partition coefficient (Wildman–Crippen LogP) is 3.41. The molecule has 1 aromatic carbocycles. The van der Waals surface area contributed by atoms with Gasteiger partial charge in [-0.05, 0) is 32.9 Å². The minimum absolute atomic E-state index is 0.304. The van der Waals surface area contributed by atoms with Crippen LogP contribution in [0.5, 0.6) is 0 Å². The predicted molar refractivity (Wildman–Crippen MR) is 79.3 cm³/mol. The molecule has 0 aliphatic carbocycles. The Hall–Kier alpha value is -1.61. The maximum atomic E-state index is 4.32. The van der Waals surface area contributed by atoms with Crippen molar-refractivity contribution in [3.8, 4) is 0 Å². The lowest BCUT2D eigenvalue weighted by Gasteiger charge is -2.27. The van der Waals surface area contributed by atoms with Crippen molar-refractivity contribution in [3.63, 3.8) is 0 Å². The number of nitrogens with zero attached hydrogens (tertiary/aromatic N) is 2. The zero-order valence-corrected chi connectivity index (χ0v) is 12.2. The highest BCUT2D eigenvalue weighted by molar-refractivity contribution is 5.25. The molecular formula is C16H23N3. The number of aryl methyl sites for hydroxylation is 2. The van der Waals surface area contributed by atoms with Crippen LogP contribution in [-0.2, 0) is 0 Å². The molecule has 19 heavy (non-hydrogen) atoms. The third-order valence-corrected chi connectivity index (χ3v) is 3.64. The van der Waals surface area contributed by atoms with E-state index >= 15 is 0 Å². The third kappa shape index (κ3) is 3.04. The third-order valence-electron chi connectivity index (χ3n) is 3.64. The summed E-state index contributed by atoms with van der Waals surface area (Å²) in [5, 5.41) is 3.59. The van der Waals surface area contributed by atoms with Crippen molar-refractivity contribution in [1.82, 2.24) is 14.9 Å². The molecule has 2 aromatic rings. The van der Waals surface area contributed by atoms with Gasteiger partial charge in [-0.2, -0.15) is 0 Å². The lowest BCUT2D eigenvalue weighted by molar-refractivity contribution is 0.380. The van der Waals surface area contributed by atoms with E-state index in [-0.39, 0.29) is 0 Å². The smallest absolute Gasteiger partial charge is 0.105 e. The summed E-state index contributed by atoms with van der Waals surface area (Å²) >= 11 is 0. The van der Waals surface area contributed by atoms with Gasteiger partial charge in [0.05, 0.1) is 12.1 Å². The Kier molecular flexibility index (Phi) is 4.38. The van der Waals surface area contributed by atoms with Crippen molar-refractivity contribution >= 4 is 0 Å². The van der Waals surface area contributed by atoms with Gasteiger partial charge in [0, 0.05) is 12.4 Å². The van der Waals surface area contributed by atoms with Gasteiger partial charge in [0.25, 0.3) is 0 Å². The van der Waals surface area contributed by atoms with Crippen LogP contribution in [0, 0.1) is 13.8 Å². The van der Waals surface area contributed by atoms with Crippen molar-refractivity contribution in [2.24, 2.45) is 0 Å². The van der Waals surface area contributed by atoms with E-state index in [0.29, 0.717) is 12.1 Å². The largest absolute Gasteiger partial charge is 0.330 e. The second-order valence-corrected chi connectivity index (χ2v) is 5.07. The van der Waals surface area contributed by atoms with Crippen LogP contribution in [0.3, 0.4) is 0 Å². The van der Waals surface area contributed by atoms with Crippen LogP contribution in [0.15, 0.2) is 36.7 Å². The van der Waals surface area contributed by atoms with Crippen molar-refractivity contribution in [2.45, 2.75) is 39.8 Å². The molecule has 102 valence electrons. The Morgan fingerprint density at radius 1 is 1.21 bits per heavy atom. The van der Waals surface area contributed by atoms with E-state index in [1.807, 2.05) is 6.20 Å². The number of aromatic nitrogens is 2. The molecule has 1 N–H and O–H groups in total. The Morgan fingerprint density at radius 3 is 2.42 bits per heavy atom. The van der Waals surface area contributed by atoms with Gasteiger partial charge >= 0.3 is 0 Å². The topological polar surface area (TPSA) is 29.9 Å². The molecule has 2 atom stereocenters. The summed E-state index contributed by atoms with van der Waals surface area (Å²) in [5.41, 5.74) is 2.62. The molecule has 0 spiro atoms. The average Bonchev–Trinajstić information content (AvgIpc) is 2.83. The van der Waals surface area contributed by atoms with Crippen LogP contribution in [-0.4, -0.2) is 16.1 Å². The standard InChI is InChI=1S/C16H23N3/c1-5-17-16(15-8-6-12(2)7-9-15)13(3)19-11-10-18-14(19)4/h6-11,13,16-17H,5H2,1-4H3. The van der Waals surface area contributed by atoms with E-state index in [2.05, 4.69) is 73.0 Å². The zero-order valence-electron chi connectivity index (χ0n) is 12.2. The normalized spacial score (nSPS) is 14.3. The summed E-state index contributed by atoms with van der Waals surface area (Å²) < 4.78 is 2.23. The summed E-state index contributed by atoms with van der Waals surface area (Å²) in [4.78, 5) is 4.32. The minimum Gasteiger partial charge on any atom is -0.330 e. The molecule has 2 rings (SSSR count). The van der Waals surface area contributed by atoms with Crippen LogP contribution in [0.4, 0.5) is 0 Å². The molecule has 1 aromatic heterocycles. The van der Waals surface area contributed by atoms with Crippen LogP contribution in [0.2, 0.25) is 0 Å². The highest BCUT2D eigenvalue weighted by Crippen LogP contribution is 2.27. The molecular weight excluding hydrogens is 234 g/mol. The summed E-state index contributed by atoms with van der Waals surface area (Å²) in [6.45, 7) is 9.51. The number of rotatable bonds is 5. The monoisotopic (exact) mass is 257 g/mol. The minimum atomic E-state index is 0.304. The molecule has 1 heterocycles. The van der Waals surface area contributed by atoms with Crippen LogP contribution < -0.4 is 5.32 Å². The van der Waals surface area contributed by atoms with E-state index in [1.54, 1.807) is 0 Å². The maximum absolute atomic E-state index is 4.32. The number of hydrogen-bond donors (Lipinski definition) is 1. The van der Waals surface area contributed by atoms with Gasteiger partial charge in [0.15, 0.2) is 0 Å². The molecule has 0 radical (unpaired) electrons. The number of nitrogens with one attached hydrogen (secondary N) is 1. The van der Waals surface area contributed by atoms with E-state index in [4.69, 9.17) is 0 Å². The van der Waals surface area contributed by atoms with Gasteiger partial charge in [-0.1, -0.05) is 36.8 Å². The maximum Gasteiger partial charge on any atom is 0.105 e. The van der Waals surface area contributed by atoms with E-state index in [9.17, 15) is 0 Å². The molecule has 0 amide bonds. The quantitative estimate of drug-likeness (QED) is 0.889. The molecule has 0 aliphatic heterocycles. The highest BCUT2D eigenvalue weighted by atomic mass is 15.1. The number of hydrogen-bond acceptors (Lipinski definition) is 2. The average molecular weight is 257 g/mol. The molecule has 0 saturated heterocycles. The zero-order chi connectivity index (χ0) is 13.8. The second kappa shape index (κ2) is 6.02. The SMILES string of the molecule is CCNC(c1ccc(C)cc1)C(C)n1ccnc1C. The summed E-state index contributed by atoms with van der Waals surface area (Å²) in [5.74, 6) is 1.06. The van der Waals surface area contributed by atoms with Gasteiger partial charge in [0.1, 0.15) is 5.82 Å². The van der Waals surface area contributed by atoms with Gasteiger partial charge in [-0.15, -0.1) is 0 Å². The summed E-state index contributed by atoms with van der Waals surface area (Å²) in [6.07, 6.45) is 3.92. The Bertz CT molecular complexity index is 513. The summed E-state index contributed by atoms with van der Waals surface area (Å²) in [7, 11) is 0. The first-order valence-corrected chi connectivity index (χ1v) is 6.93. The fourth-order valence-electron chi connectivity index (χ4n) is 2.54. The molecule has 0 fully saturated rings. The van der Waals surface area contributed by atoms with Gasteiger partial charge in [-0.3, -0.25) is 0 Å². The first-order chi connectivity index (χ1) is 9.13. The van der Waals surface area contributed by atoms with Crippen molar-refractivity contribution in [3.05, 3.63) is 53.6 Å². The molecule has 3 nitrogen and oxygen atoms in total. The summed E-state index contributed by atoms with van der Waals surface area (Å²) in [6, 6.07) is 9.42. The van der Waals surface area contributed by atoms with E-state index in [1.165, 1.54) is 11.1 Å². The Morgan fingerprint density at radius 2 is 1.89 bits per heavy atom. The Balaban J connectivity index is 2.29. The molecule has 0 bridgehead atoms. The van der Waals surface area contributed by atoms with Crippen LogP contribution in [0.1, 0.15) is 42.9 Å². The first-order valence-electron chi connectivity index (χ1n) is 6.93. The number of benzene rings is 1. The lowest BCUT2D eigenvalue weighted by Crippen LogP contribution is -2.29. The number of imidazole rings is 1. The van der Waals surface area contributed by atoms with Gasteiger partial charge in [0.2, 0.25) is 0 Å². The van der Waals surface area contributed by atoms with Gasteiger partial charge < -0.3 is 9.88 Å². The highest BCUT2D eigenvalue weighted by Gasteiger charge is 2.20. The molecule has 0 saturated carbocycles. The fourth-order valence-corrected chi connectivity index (χ4v) is 2.54. The molecule has 2 unspecified atom stereocenters. The van der Waals surface area contributed by atoms with Crippen LogP contribution in [0.25, 0.3) is 0 Å². The van der Waals surface area contributed by atoms with Gasteiger partial charge in [-0.25, -0.2) is 4.98 Å². The van der Waals surface area contributed by atoms with Crippen molar-refractivity contribution in [2.75, 3.05) is 6.54 Å². The van der Waals surface area contributed by atoms with Crippen LogP contribution >= 0.6 is 0 Å². The van der Waals surface area contributed by atoms with Crippen molar-refractivity contribution in [1.29, 1.82) is 0 Å². The van der Waals surface area contributed by atoms with Crippen molar-refractivity contribution < 1.29 is 0 Å². The first kappa shape index (κ1) is 13.8. The Labute approximate surface area is 115 Å². The van der Waals surface area contributed by atoms with E-state index in [0.717, 1.165) is 12.4 Å². The second-order valence-electron chi connectivity index (χ2n) is 5.07. The molecule has 0 aliphatic rings. The lowest BCUT2D eigenvalue weighted by atomic mass is 9.99. The molecule has 3 heteroatoms. The fraction of sp³-hybridized carbons (Fsp3) is 0.438.